The average molecular weight is 214 g/mol. The molecule has 0 aromatic carbocycles. The largest absolute Gasteiger partial charge is 0.409 e. The van der Waals surface area contributed by atoms with Gasteiger partial charge in [0.1, 0.15) is 5.84 Å². The monoisotopic (exact) mass is 214 g/mol. The van der Waals surface area contributed by atoms with E-state index < -0.39 is 0 Å². The molecule has 1 heterocycles. The summed E-state index contributed by atoms with van der Waals surface area (Å²) in [6, 6.07) is -0.0777. The highest BCUT2D eigenvalue weighted by atomic mass is 16.4. The van der Waals surface area contributed by atoms with Crippen LogP contribution in [0.2, 0.25) is 0 Å². The Morgan fingerprint density at radius 2 is 2.53 bits per heavy atom. The summed E-state index contributed by atoms with van der Waals surface area (Å²) in [5, 5.41) is 17.1. The van der Waals surface area contributed by atoms with Crippen LogP contribution in [0.15, 0.2) is 5.16 Å². The molecular formula is C9H18N4O2. The van der Waals surface area contributed by atoms with Crippen molar-refractivity contribution in [2.45, 2.75) is 31.7 Å². The van der Waals surface area contributed by atoms with Crippen molar-refractivity contribution >= 4 is 11.7 Å². The standard InChI is InChI=1S/C9H18N4O2/c10-8(13-15)4-2-5-11-7-3-1-6-12-9(7)14/h7,11,15H,1-6H2,(H2,10,13)(H,12,14). The summed E-state index contributed by atoms with van der Waals surface area (Å²) < 4.78 is 0. The molecule has 0 spiro atoms. The Labute approximate surface area is 88.9 Å². The van der Waals surface area contributed by atoms with Crippen molar-refractivity contribution in [1.29, 1.82) is 0 Å². The van der Waals surface area contributed by atoms with Gasteiger partial charge < -0.3 is 21.6 Å². The van der Waals surface area contributed by atoms with Crippen LogP contribution in [0.1, 0.15) is 25.7 Å². The minimum Gasteiger partial charge on any atom is -0.409 e. The number of amidine groups is 1. The van der Waals surface area contributed by atoms with Gasteiger partial charge in [-0.2, -0.15) is 0 Å². The van der Waals surface area contributed by atoms with E-state index in [2.05, 4.69) is 15.8 Å². The van der Waals surface area contributed by atoms with Crippen LogP contribution in [0.3, 0.4) is 0 Å². The molecule has 5 N–H and O–H groups in total. The first-order valence-corrected chi connectivity index (χ1v) is 5.21. The molecule has 1 fully saturated rings. The van der Waals surface area contributed by atoms with Crippen LogP contribution in [-0.4, -0.2) is 36.1 Å². The van der Waals surface area contributed by atoms with E-state index in [-0.39, 0.29) is 17.8 Å². The maximum absolute atomic E-state index is 11.3. The van der Waals surface area contributed by atoms with Gasteiger partial charge in [0.25, 0.3) is 0 Å². The van der Waals surface area contributed by atoms with Crippen molar-refractivity contribution in [3.63, 3.8) is 0 Å². The Bertz CT molecular complexity index is 242. The average Bonchev–Trinajstić information content (AvgIpc) is 2.26. The Kier molecular flexibility index (Phi) is 4.89. The fourth-order valence-corrected chi connectivity index (χ4v) is 1.56. The fraction of sp³-hybridized carbons (Fsp3) is 0.778. The lowest BCUT2D eigenvalue weighted by molar-refractivity contribution is -0.124. The lowest BCUT2D eigenvalue weighted by atomic mass is 10.1. The summed E-state index contributed by atoms with van der Waals surface area (Å²) in [5.74, 6) is 0.301. The summed E-state index contributed by atoms with van der Waals surface area (Å²) in [6.45, 7) is 1.48. The van der Waals surface area contributed by atoms with E-state index in [0.29, 0.717) is 13.0 Å². The first kappa shape index (κ1) is 11.8. The number of nitrogens with two attached hydrogens (primary N) is 1. The molecule has 0 aromatic rings. The number of piperidine rings is 1. The number of carbonyl (C=O) groups is 1. The van der Waals surface area contributed by atoms with Crippen molar-refractivity contribution in [3.8, 4) is 0 Å². The molecule has 1 atom stereocenters. The number of rotatable bonds is 5. The molecule has 1 saturated heterocycles. The van der Waals surface area contributed by atoms with Crippen LogP contribution in [0.25, 0.3) is 0 Å². The maximum atomic E-state index is 11.3. The van der Waals surface area contributed by atoms with Crippen LogP contribution in [0.4, 0.5) is 0 Å². The topological polar surface area (TPSA) is 99.7 Å². The molecule has 0 aliphatic carbocycles. The van der Waals surface area contributed by atoms with Gasteiger partial charge in [-0.25, -0.2) is 0 Å². The number of nitrogens with one attached hydrogen (secondary N) is 2. The molecule has 15 heavy (non-hydrogen) atoms. The van der Waals surface area contributed by atoms with Crippen molar-refractivity contribution in [1.82, 2.24) is 10.6 Å². The van der Waals surface area contributed by atoms with Gasteiger partial charge >= 0.3 is 0 Å². The molecule has 1 unspecified atom stereocenters. The second-order valence-electron chi connectivity index (χ2n) is 3.63. The summed E-state index contributed by atoms with van der Waals surface area (Å²) >= 11 is 0. The highest BCUT2D eigenvalue weighted by Gasteiger charge is 2.20. The molecule has 6 nitrogen and oxygen atoms in total. The SMILES string of the molecule is NC(CCCNC1CCCNC1=O)=NO. The van der Waals surface area contributed by atoms with Crippen molar-refractivity contribution in [2.24, 2.45) is 10.9 Å². The Balaban J connectivity index is 2.11. The zero-order chi connectivity index (χ0) is 11.1. The van der Waals surface area contributed by atoms with Crippen LogP contribution in [-0.2, 0) is 4.79 Å². The number of oxime groups is 1. The van der Waals surface area contributed by atoms with E-state index in [1.165, 1.54) is 0 Å². The molecule has 1 amide bonds. The second kappa shape index (κ2) is 6.23. The molecular weight excluding hydrogens is 196 g/mol. The predicted molar refractivity (Wildman–Crippen MR) is 56.7 cm³/mol. The Morgan fingerprint density at radius 3 is 3.20 bits per heavy atom. The Morgan fingerprint density at radius 1 is 1.73 bits per heavy atom. The minimum atomic E-state index is -0.0777. The van der Waals surface area contributed by atoms with Gasteiger partial charge in [0.15, 0.2) is 0 Å². The van der Waals surface area contributed by atoms with E-state index in [9.17, 15) is 4.79 Å². The number of amides is 1. The number of carbonyl (C=O) groups excluding carboxylic acids is 1. The van der Waals surface area contributed by atoms with Crippen LogP contribution < -0.4 is 16.4 Å². The number of nitrogens with zero attached hydrogens (tertiary/aromatic N) is 1. The summed E-state index contributed by atoms with van der Waals surface area (Å²) in [4.78, 5) is 11.3. The summed E-state index contributed by atoms with van der Waals surface area (Å²) in [7, 11) is 0. The van der Waals surface area contributed by atoms with Crippen molar-refractivity contribution in [3.05, 3.63) is 0 Å². The molecule has 0 saturated carbocycles. The van der Waals surface area contributed by atoms with Crippen LogP contribution in [0, 0.1) is 0 Å². The minimum absolute atomic E-state index is 0.0741. The first-order valence-electron chi connectivity index (χ1n) is 5.21. The molecule has 0 bridgehead atoms. The zero-order valence-electron chi connectivity index (χ0n) is 8.70. The van der Waals surface area contributed by atoms with E-state index in [1.54, 1.807) is 0 Å². The van der Waals surface area contributed by atoms with Gasteiger partial charge in [-0.1, -0.05) is 5.16 Å². The van der Waals surface area contributed by atoms with Gasteiger partial charge in [-0.15, -0.1) is 0 Å². The second-order valence-corrected chi connectivity index (χ2v) is 3.63. The lowest BCUT2D eigenvalue weighted by Crippen LogP contribution is -2.48. The third-order valence-corrected chi connectivity index (χ3v) is 2.41. The maximum Gasteiger partial charge on any atom is 0.237 e. The van der Waals surface area contributed by atoms with Gasteiger partial charge in [-0.05, 0) is 25.8 Å². The van der Waals surface area contributed by atoms with Gasteiger partial charge in [0, 0.05) is 13.0 Å². The third kappa shape index (κ3) is 4.16. The van der Waals surface area contributed by atoms with Crippen molar-refractivity contribution in [2.75, 3.05) is 13.1 Å². The highest BCUT2D eigenvalue weighted by molar-refractivity contribution is 5.82. The molecule has 1 aliphatic heterocycles. The van der Waals surface area contributed by atoms with Crippen LogP contribution >= 0.6 is 0 Å². The fourth-order valence-electron chi connectivity index (χ4n) is 1.56. The predicted octanol–water partition coefficient (Wildman–Crippen LogP) is -0.619. The van der Waals surface area contributed by atoms with E-state index in [0.717, 1.165) is 25.8 Å². The Hall–Kier alpha value is -1.30. The first-order chi connectivity index (χ1) is 7.24. The molecule has 1 rings (SSSR count). The van der Waals surface area contributed by atoms with E-state index >= 15 is 0 Å². The normalized spacial score (nSPS) is 22.5. The number of hydrogen-bond acceptors (Lipinski definition) is 4. The summed E-state index contributed by atoms with van der Waals surface area (Å²) in [5.41, 5.74) is 5.31. The van der Waals surface area contributed by atoms with E-state index in [1.807, 2.05) is 0 Å². The molecule has 1 aliphatic rings. The van der Waals surface area contributed by atoms with Crippen molar-refractivity contribution < 1.29 is 10.0 Å². The van der Waals surface area contributed by atoms with Crippen LogP contribution in [0.5, 0.6) is 0 Å². The van der Waals surface area contributed by atoms with Gasteiger partial charge in [0.2, 0.25) is 5.91 Å². The summed E-state index contributed by atoms with van der Waals surface area (Å²) in [6.07, 6.45) is 3.20. The molecule has 0 aromatic heterocycles. The number of hydrogen-bond donors (Lipinski definition) is 4. The zero-order valence-corrected chi connectivity index (χ0v) is 8.70. The highest BCUT2D eigenvalue weighted by Crippen LogP contribution is 2.02. The smallest absolute Gasteiger partial charge is 0.237 e. The molecule has 0 radical (unpaired) electrons. The third-order valence-electron chi connectivity index (χ3n) is 2.41. The molecule has 6 heteroatoms. The van der Waals surface area contributed by atoms with Gasteiger partial charge in [-0.3, -0.25) is 4.79 Å². The quantitative estimate of drug-likeness (QED) is 0.161. The molecule has 86 valence electrons. The van der Waals surface area contributed by atoms with Gasteiger partial charge in [0.05, 0.1) is 6.04 Å². The lowest BCUT2D eigenvalue weighted by Gasteiger charge is -2.22. The van der Waals surface area contributed by atoms with E-state index in [4.69, 9.17) is 10.9 Å².